The van der Waals surface area contributed by atoms with Gasteiger partial charge < -0.3 is 0 Å². The molecule has 1 aliphatic rings. The number of carbonyl (C=O) groups excluding carboxylic acids is 1. The molecule has 1 N–H and O–H groups in total. The maximum Gasteiger partial charge on any atom is 0.272 e. The van der Waals surface area contributed by atoms with Gasteiger partial charge in [-0.25, -0.2) is 5.43 Å². The molecule has 4 nitrogen and oxygen atoms in total. The number of aromatic nitrogens is 1. The lowest BCUT2D eigenvalue weighted by molar-refractivity contribution is 0.0954. The van der Waals surface area contributed by atoms with Crippen LogP contribution in [0, 0.1) is 5.92 Å². The van der Waals surface area contributed by atoms with Crippen LogP contribution in [-0.2, 0) is 0 Å². The number of hydrogen-bond donors (Lipinski definition) is 1. The van der Waals surface area contributed by atoms with Gasteiger partial charge in [-0.05, 0) is 43.7 Å². The minimum atomic E-state index is -0.191. The van der Waals surface area contributed by atoms with Gasteiger partial charge in [0.25, 0.3) is 5.91 Å². The molecule has 0 saturated heterocycles. The third kappa shape index (κ3) is 3.37. The number of amides is 1. The third-order valence-corrected chi connectivity index (χ3v) is 2.99. The molecule has 1 aliphatic carbocycles. The molecule has 2 rings (SSSR count). The van der Waals surface area contributed by atoms with Gasteiger partial charge in [-0.15, -0.1) is 0 Å². The number of nitrogens with one attached hydrogen (secondary N) is 1. The van der Waals surface area contributed by atoms with Crippen LogP contribution in [0.4, 0.5) is 0 Å². The molecule has 1 atom stereocenters. The summed E-state index contributed by atoms with van der Waals surface area (Å²) >= 11 is 0. The summed E-state index contributed by atoms with van der Waals surface area (Å²) < 4.78 is 0. The van der Waals surface area contributed by atoms with E-state index in [-0.39, 0.29) is 5.91 Å². The summed E-state index contributed by atoms with van der Waals surface area (Å²) in [6.45, 7) is 2.22. The highest BCUT2D eigenvalue weighted by atomic mass is 16.2. The van der Waals surface area contributed by atoms with Crippen molar-refractivity contribution in [2.75, 3.05) is 0 Å². The molecule has 1 aromatic heterocycles. The SMILES string of the molecule is C[C@H]1CCC/C(=N/NC(=O)c2cccnc2)C1. The van der Waals surface area contributed by atoms with Crippen LogP contribution < -0.4 is 5.43 Å². The molecule has 0 spiro atoms. The summed E-state index contributed by atoms with van der Waals surface area (Å²) in [5.74, 6) is 0.488. The lowest BCUT2D eigenvalue weighted by atomic mass is 9.89. The van der Waals surface area contributed by atoms with Gasteiger partial charge in [0, 0.05) is 18.1 Å². The second-order valence-electron chi connectivity index (χ2n) is 4.56. The van der Waals surface area contributed by atoms with Crippen LogP contribution in [0.15, 0.2) is 29.6 Å². The fourth-order valence-electron chi connectivity index (χ4n) is 2.05. The van der Waals surface area contributed by atoms with E-state index in [2.05, 4.69) is 22.4 Å². The van der Waals surface area contributed by atoms with E-state index in [1.807, 2.05) is 0 Å². The monoisotopic (exact) mass is 231 g/mol. The minimum Gasteiger partial charge on any atom is -0.267 e. The van der Waals surface area contributed by atoms with Crippen LogP contribution in [0.3, 0.4) is 0 Å². The average Bonchev–Trinajstić information content (AvgIpc) is 2.37. The summed E-state index contributed by atoms with van der Waals surface area (Å²) in [4.78, 5) is 15.6. The van der Waals surface area contributed by atoms with Gasteiger partial charge >= 0.3 is 0 Å². The summed E-state index contributed by atoms with van der Waals surface area (Å²) in [6, 6.07) is 3.47. The van der Waals surface area contributed by atoms with Crippen molar-refractivity contribution in [2.45, 2.75) is 32.6 Å². The zero-order valence-corrected chi connectivity index (χ0v) is 10.0. The fraction of sp³-hybridized carbons (Fsp3) is 0.462. The van der Waals surface area contributed by atoms with Crippen molar-refractivity contribution in [1.82, 2.24) is 10.4 Å². The molecule has 1 heterocycles. The molecular formula is C13H17N3O. The Morgan fingerprint density at radius 3 is 3.18 bits per heavy atom. The van der Waals surface area contributed by atoms with E-state index in [1.54, 1.807) is 24.5 Å². The number of nitrogens with zero attached hydrogens (tertiary/aromatic N) is 2. The molecule has 0 aromatic carbocycles. The van der Waals surface area contributed by atoms with Crippen LogP contribution in [-0.4, -0.2) is 16.6 Å². The molecule has 0 radical (unpaired) electrons. The Morgan fingerprint density at radius 2 is 2.47 bits per heavy atom. The van der Waals surface area contributed by atoms with Gasteiger partial charge in [0.1, 0.15) is 0 Å². The summed E-state index contributed by atoms with van der Waals surface area (Å²) in [6.07, 6.45) is 7.60. The van der Waals surface area contributed by atoms with Crippen molar-refractivity contribution < 1.29 is 4.79 Å². The van der Waals surface area contributed by atoms with E-state index in [9.17, 15) is 4.79 Å². The van der Waals surface area contributed by atoms with Crippen LogP contribution >= 0.6 is 0 Å². The quantitative estimate of drug-likeness (QED) is 0.794. The Kier molecular flexibility index (Phi) is 3.85. The molecule has 0 unspecified atom stereocenters. The molecule has 0 bridgehead atoms. The van der Waals surface area contributed by atoms with Crippen molar-refractivity contribution in [3.05, 3.63) is 30.1 Å². The van der Waals surface area contributed by atoms with Crippen molar-refractivity contribution in [3.63, 3.8) is 0 Å². The molecule has 1 amide bonds. The largest absolute Gasteiger partial charge is 0.272 e. The van der Waals surface area contributed by atoms with Gasteiger partial charge in [0.2, 0.25) is 0 Å². The maximum atomic E-state index is 11.7. The lowest BCUT2D eigenvalue weighted by Gasteiger charge is -2.18. The first-order valence-corrected chi connectivity index (χ1v) is 6.01. The van der Waals surface area contributed by atoms with Crippen LogP contribution in [0.5, 0.6) is 0 Å². The first-order valence-electron chi connectivity index (χ1n) is 6.01. The second kappa shape index (κ2) is 5.57. The summed E-state index contributed by atoms with van der Waals surface area (Å²) in [5.41, 5.74) is 4.24. The first-order chi connectivity index (χ1) is 8.25. The molecule has 1 fully saturated rings. The van der Waals surface area contributed by atoms with E-state index in [1.165, 1.54) is 12.8 Å². The topological polar surface area (TPSA) is 54.4 Å². The molecule has 17 heavy (non-hydrogen) atoms. The second-order valence-corrected chi connectivity index (χ2v) is 4.56. The fourth-order valence-corrected chi connectivity index (χ4v) is 2.05. The third-order valence-electron chi connectivity index (χ3n) is 2.99. The average molecular weight is 231 g/mol. The smallest absolute Gasteiger partial charge is 0.267 e. The van der Waals surface area contributed by atoms with Crippen LogP contribution in [0.2, 0.25) is 0 Å². The Morgan fingerprint density at radius 1 is 1.59 bits per heavy atom. The molecule has 4 heteroatoms. The molecule has 1 aromatic rings. The zero-order valence-electron chi connectivity index (χ0n) is 10.0. The van der Waals surface area contributed by atoms with E-state index < -0.39 is 0 Å². The molecule has 90 valence electrons. The Labute approximate surface area is 101 Å². The predicted molar refractivity (Wildman–Crippen MR) is 66.8 cm³/mol. The van der Waals surface area contributed by atoms with Crippen molar-refractivity contribution in [1.29, 1.82) is 0 Å². The van der Waals surface area contributed by atoms with Crippen molar-refractivity contribution >= 4 is 11.6 Å². The first kappa shape index (κ1) is 11.8. The number of hydrogen-bond acceptors (Lipinski definition) is 3. The number of pyridine rings is 1. The minimum absolute atomic E-state index is 0.191. The van der Waals surface area contributed by atoms with Gasteiger partial charge in [-0.2, -0.15) is 5.10 Å². The number of hydrazone groups is 1. The van der Waals surface area contributed by atoms with Crippen molar-refractivity contribution in [3.8, 4) is 0 Å². The molecule has 0 aliphatic heterocycles. The number of carbonyl (C=O) groups is 1. The van der Waals surface area contributed by atoms with Crippen LogP contribution in [0.25, 0.3) is 0 Å². The van der Waals surface area contributed by atoms with Gasteiger partial charge in [-0.3, -0.25) is 9.78 Å². The summed E-state index contributed by atoms with van der Waals surface area (Å²) in [7, 11) is 0. The maximum absolute atomic E-state index is 11.7. The Balaban J connectivity index is 1.93. The molecular weight excluding hydrogens is 214 g/mol. The van der Waals surface area contributed by atoms with E-state index >= 15 is 0 Å². The van der Waals surface area contributed by atoms with Crippen LogP contribution in [0.1, 0.15) is 43.0 Å². The highest BCUT2D eigenvalue weighted by Crippen LogP contribution is 2.20. The van der Waals surface area contributed by atoms with Gasteiger partial charge in [-0.1, -0.05) is 6.92 Å². The summed E-state index contributed by atoms with van der Waals surface area (Å²) in [5, 5.41) is 4.20. The van der Waals surface area contributed by atoms with E-state index in [0.717, 1.165) is 18.6 Å². The van der Waals surface area contributed by atoms with E-state index in [0.29, 0.717) is 11.5 Å². The Bertz CT molecular complexity index is 414. The Hall–Kier alpha value is -1.71. The predicted octanol–water partition coefficient (Wildman–Crippen LogP) is 2.38. The van der Waals surface area contributed by atoms with Gasteiger partial charge in [0.15, 0.2) is 0 Å². The van der Waals surface area contributed by atoms with Gasteiger partial charge in [0.05, 0.1) is 5.56 Å². The number of rotatable bonds is 2. The zero-order chi connectivity index (χ0) is 12.1. The lowest BCUT2D eigenvalue weighted by Crippen LogP contribution is -2.22. The van der Waals surface area contributed by atoms with E-state index in [4.69, 9.17) is 0 Å². The standard InChI is InChI=1S/C13H17N3O/c1-10-4-2-6-12(8-10)15-16-13(17)11-5-3-7-14-9-11/h3,5,7,9-10H,2,4,6,8H2,1H3,(H,16,17)/b15-12-/t10-/m0/s1. The normalized spacial score (nSPS) is 22.4. The highest BCUT2D eigenvalue weighted by Gasteiger charge is 2.14. The molecule has 1 saturated carbocycles. The highest BCUT2D eigenvalue weighted by molar-refractivity contribution is 5.95. The van der Waals surface area contributed by atoms with Crippen molar-refractivity contribution in [2.24, 2.45) is 11.0 Å².